The van der Waals surface area contributed by atoms with Gasteiger partial charge in [0, 0.05) is 17.1 Å². The first-order valence-corrected chi connectivity index (χ1v) is 12.1. The van der Waals surface area contributed by atoms with Crippen molar-refractivity contribution in [2.24, 2.45) is 0 Å². The van der Waals surface area contributed by atoms with Crippen LogP contribution in [0.25, 0.3) is 0 Å². The third kappa shape index (κ3) is 5.58. The number of para-hydroxylation sites is 1. The third-order valence-corrected chi connectivity index (χ3v) is 6.51. The second-order valence-electron chi connectivity index (χ2n) is 7.88. The van der Waals surface area contributed by atoms with E-state index in [9.17, 15) is 19.2 Å². The predicted molar refractivity (Wildman–Crippen MR) is 133 cm³/mol. The molecular weight excluding hydrogens is 466 g/mol. The summed E-state index contributed by atoms with van der Waals surface area (Å²) >= 11 is 1.58. The zero-order valence-corrected chi connectivity index (χ0v) is 20.0. The Kier molecular flexibility index (Phi) is 7.57. The third-order valence-electron chi connectivity index (χ3n) is 5.57. The Morgan fingerprint density at radius 1 is 1.00 bits per heavy atom. The van der Waals surface area contributed by atoms with Gasteiger partial charge in [0.2, 0.25) is 5.91 Å². The van der Waals surface area contributed by atoms with Crippen molar-refractivity contribution in [3.05, 3.63) is 82.6 Å². The lowest BCUT2D eigenvalue weighted by molar-refractivity contribution is -0.124. The molecule has 2 aromatic carbocycles. The Morgan fingerprint density at radius 3 is 2.40 bits per heavy atom. The summed E-state index contributed by atoms with van der Waals surface area (Å²) in [4.78, 5) is 54.9. The molecule has 4 rings (SSSR count). The summed E-state index contributed by atoms with van der Waals surface area (Å²) in [5, 5.41) is 4.71. The maximum absolute atomic E-state index is 13.3. The fraction of sp³-hybridized carbons (Fsp3) is 0.231. The highest BCUT2D eigenvalue weighted by molar-refractivity contribution is 7.09. The summed E-state index contributed by atoms with van der Waals surface area (Å²) in [6.07, 6.45) is 0.407. The summed E-state index contributed by atoms with van der Waals surface area (Å²) < 4.78 is 4.96. The minimum atomic E-state index is -0.915. The molecule has 0 saturated carbocycles. The number of nitrogens with zero attached hydrogens (tertiary/aromatic N) is 2. The lowest BCUT2D eigenvalue weighted by atomic mass is 10.1. The molecule has 2 heterocycles. The largest absolute Gasteiger partial charge is 0.462 e. The van der Waals surface area contributed by atoms with Gasteiger partial charge in [-0.25, -0.2) is 14.5 Å². The first kappa shape index (κ1) is 24.2. The zero-order valence-electron chi connectivity index (χ0n) is 19.2. The number of carbonyl (C=O) groups is 4. The predicted octanol–water partition coefficient (Wildman–Crippen LogP) is 4.33. The molecule has 1 aliphatic rings. The number of thiophene rings is 1. The van der Waals surface area contributed by atoms with Crippen molar-refractivity contribution in [2.45, 2.75) is 25.8 Å². The van der Waals surface area contributed by atoms with Crippen LogP contribution in [0.3, 0.4) is 0 Å². The lowest BCUT2D eigenvalue weighted by Crippen LogP contribution is -2.39. The Hall–Kier alpha value is -3.98. The number of esters is 1. The van der Waals surface area contributed by atoms with Gasteiger partial charge in [0.25, 0.3) is 5.91 Å². The van der Waals surface area contributed by atoms with Crippen LogP contribution in [-0.4, -0.2) is 47.9 Å². The van der Waals surface area contributed by atoms with E-state index in [1.165, 1.54) is 4.90 Å². The summed E-state index contributed by atoms with van der Waals surface area (Å²) in [7, 11) is 0. The monoisotopic (exact) mass is 491 g/mol. The number of hydrogen-bond acceptors (Lipinski definition) is 6. The molecule has 0 aliphatic carbocycles. The number of imide groups is 1. The van der Waals surface area contributed by atoms with Crippen molar-refractivity contribution in [1.29, 1.82) is 0 Å². The van der Waals surface area contributed by atoms with Gasteiger partial charge in [-0.05, 0) is 61.2 Å². The van der Waals surface area contributed by atoms with Gasteiger partial charge in [-0.1, -0.05) is 24.3 Å². The van der Waals surface area contributed by atoms with Crippen LogP contribution in [0.2, 0.25) is 0 Å². The van der Waals surface area contributed by atoms with Gasteiger partial charge in [0.1, 0.15) is 6.04 Å². The van der Waals surface area contributed by atoms with Crippen LogP contribution in [0.1, 0.15) is 28.6 Å². The van der Waals surface area contributed by atoms with Crippen LogP contribution in [0.5, 0.6) is 0 Å². The van der Waals surface area contributed by atoms with Crippen molar-refractivity contribution in [3.63, 3.8) is 0 Å². The maximum Gasteiger partial charge on any atom is 0.338 e. The number of rotatable bonds is 9. The van der Waals surface area contributed by atoms with Crippen LogP contribution in [0.15, 0.2) is 72.1 Å². The number of benzene rings is 2. The number of amides is 4. The van der Waals surface area contributed by atoms with Gasteiger partial charge in [-0.3, -0.25) is 9.59 Å². The number of anilines is 2. The first-order valence-electron chi connectivity index (χ1n) is 11.3. The molecule has 35 heavy (non-hydrogen) atoms. The van der Waals surface area contributed by atoms with Crippen molar-refractivity contribution in [1.82, 2.24) is 4.90 Å². The highest BCUT2D eigenvalue weighted by Crippen LogP contribution is 2.27. The summed E-state index contributed by atoms with van der Waals surface area (Å²) in [5.74, 6) is -1.28. The maximum atomic E-state index is 13.3. The van der Waals surface area contributed by atoms with Crippen LogP contribution in [0, 0.1) is 0 Å². The van der Waals surface area contributed by atoms with Crippen molar-refractivity contribution in [2.75, 3.05) is 23.4 Å². The number of hydrogen-bond donors (Lipinski definition) is 1. The number of urea groups is 1. The highest BCUT2D eigenvalue weighted by atomic mass is 32.1. The molecule has 8 nitrogen and oxygen atoms in total. The van der Waals surface area contributed by atoms with E-state index in [4.69, 9.17) is 4.74 Å². The molecule has 180 valence electrons. The molecule has 1 fully saturated rings. The summed E-state index contributed by atoms with van der Waals surface area (Å²) in [5.41, 5.74) is 1.32. The van der Waals surface area contributed by atoms with Gasteiger partial charge in [0.05, 0.1) is 24.3 Å². The van der Waals surface area contributed by atoms with Crippen molar-refractivity contribution < 1.29 is 23.9 Å². The van der Waals surface area contributed by atoms with Crippen LogP contribution in [-0.2, 0) is 20.7 Å². The Labute approximate surface area is 207 Å². The summed E-state index contributed by atoms with van der Waals surface area (Å²) in [6, 6.07) is 17.6. The van der Waals surface area contributed by atoms with E-state index in [0.717, 1.165) is 9.78 Å². The van der Waals surface area contributed by atoms with E-state index in [0.29, 0.717) is 29.9 Å². The topological polar surface area (TPSA) is 96.0 Å². The molecule has 1 N–H and O–H groups in total. The fourth-order valence-corrected chi connectivity index (χ4v) is 4.58. The molecule has 0 unspecified atom stereocenters. The van der Waals surface area contributed by atoms with E-state index in [1.54, 1.807) is 72.9 Å². The van der Waals surface area contributed by atoms with E-state index in [-0.39, 0.29) is 13.0 Å². The lowest BCUT2D eigenvalue weighted by Gasteiger charge is -2.21. The van der Waals surface area contributed by atoms with E-state index in [1.807, 2.05) is 17.5 Å². The molecule has 9 heteroatoms. The highest BCUT2D eigenvalue weighted by Gasteiger charge is 2.46. The molecule has 0 radical (unpaired) electrons. The van der Waals surface area contributed by atoms with E-state index in [2.05, 4.69) is 5.32 Å². The Morgan fingerprint density at radius 2 is 1.74 bits per heavy atom. The molecule has 1 atom stereocenters. The van der Waals surface area contributed by atoms with E-state index < -0.39 is 29.9 Å². The SMILES string of the molecule is CCOC(=O)c1ccc(NC(=O)C[C@H]2C(=O)N(c3ccccc3)C(=O)N2CCc2cccs2)cc1. The average Bonchev–Trinajstić information content (AvgIpc) is 3.45. The Bertz CT molecular complexity index is 1200. The van der Waals surface area contributed by atoms with E-state index >= 15 is 0 Å². The zero-order chi connectivity index (χ0) is 24.8. The van der Waals surface area contributed by atoms with Gasteiger partial charge in [0.15, 0.2) is 0 Å². The minimum absolute atomic E-state index is 0.183. The van der Waals surface area contributed by atoms with Gasteiger partial charge in [-0.2, -0.15) is 0 Å². The Balaban J connectivity index is 1.48. The van der Waals surface area contributed by atoms with Gasteiger partial charge in [-0.15, -0.1) is 11.3 Å². The molecular formula is C26H25N3O5S. The van der Waals surface area contributed by atoms with Crippen LogP contribution >= 0.6 is 11.3 Å². The average molecular weight is 492 g/mol. The molecule has 1 saturated heterocycles. The number of nitrogens with one attached hydrogen (secondary N) is 1. The van der Waals surface area contributed by atoms with Crippen molar-refractivity contribution >= 4 is 46.5 Å². The smallest absolute Gasteiger partial charge is 0.338 e. The molecule has 3 aromatic rings. The van der Waals surface area contributed by atoms with Crippen LogP contribution < -0.4 is 10.2 Å². The molecule has 4 amide bonds. The molecule has 0 spiro atoms. The molecule has 1 aromatic heterocycles. The molecule has 0 bridgehead atoms. The summed E-state index contributed by atoms with van der Waals surface area (Å²) in [6.45, 7) is 2.32. The quantitative estimate of drug-likeness (QED) is 0.355. The van der Waals surface area contributed by atoms with Gasteiger partial charge < -0.3 is 15.0 Å². The van der Waals surface area contributed by atoms with Gasteiger partial charge >= 0.3 is 12.0 Å². The van der Waals surface area contributed by atoms with Crippen molar-refractivity contribution in [3.8, 4) is 0 Å². The first-order chi connectivity index (χ1) is 17.0. The number of ether oxygens (including phenoxy) is 1. The fourth-order valence-electron chi connectivity index (χ4n) is 3.88. The second kappa shape index (κ2) is 11.0. The normalized spacial score (nSPS) is 15.4. The van der Waals surface area contributed by atoms with Crippen LogP contribution in [0.4, 0.5) is 16.2 Å². The second-order valence-corrected chi connectivity index (χ2v) is 8.91. The molecule has 1 aliphatic heterocycles. The minimum Gasteiger partial charge on any atom is -0.462 e. The standard InChI is InChI=1S/C26H25N3O5S/c1-2-34-25(32)18-10-12-19(13-11-18)27-23(30)17-22-24(31)29(20-7-4-3-5-8-20)26(33)28(22)15-14-21-9-6-16-35-21/h3-13,16,22H,2,14-15,17H2,1H3,(H,27,30)/t22-/m0/s1. The number of carbonyl (C=O) groups excluding carboxylic acids is 4.